The first-order valence-electron chi connectivity index (χ1n) is 8.80. The molecule has 142 valence electrons. The standard InChI is InChI=1S/C20H27ClN2O3/c1-25-19-8-3-6-17(14-23-10-4-9-22-11-12-24)20(19)26-15-16-5-2-7-18(21)13-16/h2-3,5-8,13,22-24H,4,9-12,14-15H2,1H3. The van der Waals surface area contributed by atoms with Crippen molar-refractivity contribution in [2.75, 3.05) is 33.4 Å². The van der Waals surface area contributed by atoms with Gasteiger partial charge in [-0.3, -0.25) is 0 Å². The van der Waals surface area contributed by atoms with Gasteiger partial charge in [-0.05, 0) is 43.3 Å². The zero-order valence-corrected chi connectivity index (χ0v) is 15.9. The van der Waals surface area contributed by atoms with Crippen LogP contribution in [-0.4, -0.2) is 38.5 Å². The SMILES string of the molecule is COc1cccc(CNCCCNCCO)c1OCc1cccc(Cl)c1. The van der Waals surface area contributed by atoms with Crippen molar-refractivity contribution >= 4 is 11.6 Å². The van der Waals surface area contributed by atoms with Gasteiger partial charge in [0.1, 0.15) is 6.61 Å². The predicted molar refractivity (Wildman–Crippen MR) is 105 cm³/mol. The highest BCUT2D eigenvalue weighted by Crippen LogP contribution is 2.32. The highest BCUT2D eigenvalue weighted by atomic mass is 35.5. The molecular formula is C20H27ClN2O3. The van der Waals surface area contributed by atoms with Gasteiger partial charge in [-0.1, -0.05) is 35.9 Å². The third-order valence-electron chi connectivity index (χ3n) is 3.86. The van der Waals surface area contributed by atoms with E-state index in [1.807, 2.05) is 42.5 Å². The molecule has 0 amide bonds. The molecule has 0 bridgehead atoms. The van der Waals surface area contributed by atoms with Crippen LogP contribution >= 0.6 is 11.6 Å². The molecule has 0 aromatic heterocycles. The summed E-state index contributed by atoms with van der Waals surface area (Å²) < 4.78 is 11.5. The molecule has 6 heteroatoms. The van der Waals surface area contributed by atoms with Gasteiger partial charge in [0, 0.05) is 23.7 Å². The van der Waals surface area contributed by atoms with Gasteiger partial charge >= 0.3 is 0 Å². The Balaban J connectivity index is 1.91. The van der Waals surface area contributed by atoms with Gasteiger partial charge in [-0.2, -0.15) is 0 Å². The topological polar surface area (TPSA) is 62.8 Å². The van der Waals surface area contributed by atoms with E-state index in [0.717, 1.165) is 42.1 Å². The van der Waals surface area contributed by atoms with Gasteiger partial charge in [0.15, 0.2) is 11.5 Å². The van der Waals surface area contributed by atoms with Crippen molar-refractivity contribution in [3.63, 3.8) is 0 Å². The molecule has 0 aliphatic heterocycles. The lowest BCUT2D eigenvalue weighted by atomic mass is 10.1. The first kappa shape index (κ1) is 20.5. The number of hydrogen-bond acceptors (Lipinski definition) is 5. The second-order valence-corrected chi connectivity index (χ2v) is 6.31. The van der Waals surface area contributed by atoms with Crippen LogP contribution < -0.4 is 20.1 Å². The number of halogens is 1. The zero-order chi connectivity index (χ0) is 18.6. The van der Waals surface area contributed by atoms with Crippen LogP contribution in [0.25, 0.3) is 0 Å². The van der Waals surface area contributed by atoms with Crippen LogP contribution in [0.3, 0.4) is 0 Å². The maximum atomic E-state index is 8.73. The summed E-state index contributed by atoms with van der Waals surface area (Å²) in [5.74, 6) is 1.47. The molecule has 26 heavy (non-hydrogen) atoms. The van der Waals surface area contributed by atoms with Crippen LogP contribution in [0, 0.1) is 0 Å². The Morgan fingerprint density at radius 2 is 1.85 bits per heavy atom. The van der Waals surface area contributed by atoms with Crippen molar-refractivity contribution < 1.29 is 14.6 Å². The van der Waals surface area contributed by atoms with Gasteiger partial charge in [-0.25, -0.2) is 0 Å². The van der Waals surface area contributed by atoms with Crippen LogP contribution in [-0.2, 0) is 13.2 Å². The second kappa shape index (κ2) is 11.8. The number of rotatable bonds is 12. The van der Waals surface area contributed by atoms with Gasteiger partial charge in [0.2, 0.25) is 0 Å². The van der Waals surface area contributed by atoms with E-state index in [1.54, 1.807) is 7.11 Å². The average molecular weight is 379 g/mol. The van der Waals surface area contributed by atoms with E-state index in [2.05, 4.69) is 10.6 Å². The van der Waals surface area contributed by atoms with E-state index in [0.29, 0.717) is 24.7 Å². The number of ether oxygens (including phenoxy) is 2. The van der Waals surface area contributed by atoms with Crippen molar-refractivity contribution in [1.29, 1.82) is 0 Å². The summed E-state index contributed by atoms with van der Waals surface area (Å²) in [6.45, 7) is 3.69. The van der Waals surface area contributed by atoms with E-state index in [4.69, 9.17) is 26.2 Å². The third-order valence-corrected chi connectivity index (χ3v) is 4.10. The second-order valence-electron chi connectivity index (χ2n) is 5.87. The van der Waals surface area contributed by atoms with E-state index in [1.165, 1.54) is 0 Å². The molecule has 0 aliphatic rings. The van der Waals surface area contributed by atoms with Crippen LogP contribution in [0.15, 0.2) is 42.5 Å². The zero-order valence-electron chi connectivity index (χ0n) is 15.1. The monoisotopic (exact) mass is 378 g/mol. The minimum absolute atomic E-state index is 0.171. The van der Waals surface area contributed by atoms with Crippen LogP contribution in [0.4, 0.5) is 0 Å². The molecule has 0 heterocycles. The maximum absolute atomic E-state index is 8.73. The highest BCUT2D eigenvalue weighted by molar-refractivity contribution is 6.30. The van der Waals surface area contributed by atoms with E-state index >= 15 is 0 Å². The minimum atomic E-state index is 0.171. The Morgan fingerprint density at radius 3 is 2.62 bits per heavy atom. The normalized spacial score (nSPS) is 10.7. The Kier molecular flexibility index (Phi) is 9.28. The minimum Gasteiger partial charge on any atom is -0.493 e. The van der Waals surface area contributed by atoms with Crippen LogP contribution in [0.1, 0.15) is 17.5 Å². The molecule has 5 nitrogen and oxygen atoms in total. The number of nitrogens with one attached hydrogen (secondary N) is 2. The lowest BCUT2D eigenvalue weighted by molar-refractivity contribution is 0.280. The smallest absolute Gasteiger partial charge is 0.166 e. The largest absolute Gasteiger partial charge is 0.493 e. The summed E-state index contributed by atoms with van der Waals surface area (Å²) in [4.78, 5) is 0. The van der Waals surface area contributed by atoms with Crippen molar-refractivity contribution in [1.82, 2.24) is 10.6 Å². The van der Waals surface area contributed by atoms with Crippen LogP contribution in [0.5, 0.6) is 11.5 Å². The summed E-state index contributed by atoms with van der Waals surface area (Å²) in [5, 5.41) is 16.0. The fourth-order valence-corrected chi connectivity index (χ4v) is 2.79. The number of methoxy groups -OCH3 is 1. The number of benzene rings is 2. The summed E-state index contributed by atoms with van der Waals surface area (Å²) in [7, 11) is 1.64. The molecule has 0 aliphatic carbocycles. The molecule has 0 fully saturated rings. The Labute approximate surface area is 160 Å². The first-order valence-corrected chi connectivity index (χ1v) is 9.18. The molecule has 2 aromatic carbocycles. The molecule has 0 radical (unpaired) electrons. The quantitative estimate of drug-likeness (QED) is 0.495. The van der Waals surface area contributed by atoms with Crippen molar-refractivity contribution in [3.8, 4) is 11.5 Å². The lowest BCUT2D eigenvalue weighted by Crippen LogP contribution is -2.24. The third kappa shape index (κ3) is 6.84. The fourth-order valence-electron chi connectivity index (χ4n) is 2.57. The molecule has 3 N–H and O–H groups in total. The molecule has 2 aromatic rings. The molecule has 2 rings (SSSR count). The summed E-state index contributed by atoms with van der Waals surface area (Å²) in [6, 6.07) is 13.5. The van der Waals surface area contributed by atoms with Crippen molar-refractivity contribution in [2.45, 2.75) is 19.6 Å². The van der Waals surface area contributed by atoms with E-state index in [-0.39, 0.29) is 6.61 Å². The van der Waals surface area contributed by atoms with Crippen LogP contribution in [0.2, 0.25) is 5.02 Å². The fraction of sp³-hybridized carbons (Fsp3) is 0.400. The summed E-state index contributed by atoms with van der Waals surface area (Å²) in [6.07, 6.45) is 0.989. The first-order chi connectivity index (χ1) is 12.7. The highest BCUT2D eigenvalue weighted by Gasteiger charge is 2.11. The molecule has 0 spiro atoms. The number of aliphatic hydroxyl groups excluding tert-OH is 1. The van der Waals surface area contributed by atoms with Crippen molar-refractivity contribution in [2.24, 2.45) is 0 Å². The molecule has 0 atom stereocenters. The van der Waals surface area contributed by atoms with Gasteiger partial charge in [-0.15, -0.1) is 0 Å². The molecular weight excluding hydrogens is 352 g/mol. The number of hydrogen-bond donors (Lipinski definition) is 3. The number of aliphatic hydroxyl groups is 1. The number of para-hydroxylation sites is 1. The van der Waals surface area contributed by atoms with E-state index in [9.17, 15) is 0 Å². The molecule has 0 saturated carbocycles. The molecule has 0 saturated heterocycles. The Hall–Kier alpha value is -1.79. The Morgan fingerprint density at radius 1 is 1.04 bits per heavy atom. The summed E-state index contributed by atoms with van der Waals surface area (Å²) in [5.41, 5.74) is 2.06. The van der Waals surface area contributed by atoms with Crippen molar-refractivity contribution in [3.05, 3.63) is 58.6 Å². The lowest BCUT2D eigenvalue weighted by Gasteiger charge is -2.16. The van der Waals surface area contributed by atoms with Gasteiger partial charge in [0.25, 0.3) is 0 Å². The molecule has 0 unspecified atom stereocenters. The maximum Gasteiger partial charge on any atom is 0.166 e. The summed E-state index contributed by atoms with van der Waals surface area (Å²) >= 11 is 6.04. The van der Waals surface area contributed by atoms with Gasteiger partial charge < -0.3 is 25.2 Å². The Bertz CT molecular complexity index is 667. The predicted octanol–water partition coefficient (Wildman–Crippen LogP) is 2.99. The van der Waals surface area contributed by atoms with E-state index < -0.39 is 0 Å². The van der Waals surface area contributed by atoms with Gasteiger partial charge in [0.05, 0.1) is 13.7 Å². The average Bonchev–Trinajstić information content (AvgIpc) is 2.66.